The molecule has 1 fully saturated rings. The summed E-state index contributed by atoms with van der Waals surface area (Å²) in [6.07, 6.45) is 1.00. The molecule has 0 aromatic carbocycles. The lowest BCUT2D eigenvalue weighted by Crippen LogP contribution is -2.57. The number of carbonyl (C=O) groups excluding carboxylic acids is 1. The van der Waals surface area contributed by atoms with Gasteiger partial charge in [0.1, 0.15) is 0 Å². The van der Waals surface area contributed by atoms with E-state index in [1.807, 2.05) is 11.0 Å². The van der Waals surface area contributed by atoms with Crippen LogP contribution in [0.5, 0.6) is 0 Å². The fourth-order valence-electron chi connectivity index (χ4n) is 2.34. The summed E-state index contributed by atoms with van der Waals surface area (Å²) in [6, 6.07) is 4.58. The van der Waals surface area contributed by atoms with Gasteiger partial charge in [0.15, 0.2) is 0 Å². The standard InChI is InChI=1S/C13H20N2OS/c1-4-11-5-6-12(17-11)13(16)15-9(2)7-14-8-10(15)3/h5-6,9-10,14H,4,7-8H2,1-3H3. The summed E-state index contributed by atoms with van der Waals surface area (Å²) < 4.78 is 0. The highest BCUT2D eigenvalue weighted by molar-refractivity contribution is 7.14. The summed E-state index contributed by atoms with van der Waals surface area (Å²) in [4.78, 5) is 16.6. The average Bonchev–Trinajstić information content (AvgIpc) is 2.77. The van der Waals surface area contributed by atoms with E-state index >= 15 is 0 Å². The van der Waals surface area contributed by atoms with E-state index in [1.54, 1.807) is 11.3 Å². The zero-order valence-electron chi connectivity index (χ0n) is 10.7. The first kappa shape index (κ1) is 12.6. The molecule has 17 heavy (non-hydrogen) atoms. The molecule has 2 atom stereocenters. The third kappa shape index (κ3) is 2.53. The molecule has 0 saturated carbocycles. The lowest BCUT2D eigenvalue weighted by atomic mass is 10.1. The van der Waals surface area contributed by atoms with Crippen LogP contribution in [-0.2, 0) is 6.42 Å². The molecular formula is C13H20N2OS. The van der Waals surface area contributed by atoms with Gasteiger partial charge in [0.25, 0.3) is 5.91 Å². The van der Waals surface area contributed by atoms with E-state index in [-0.39, 0.29) is 18.0 Å². The zero-order valence-corrected chi connectivity index (χ0v) is 11.5. The molecule has 2 heterocycles. The van der Waals surface area contributed by atoms with Gasteiger partial charge in [-0.2, -0.15) is 0 Å². The van der Waals surface area contributed by atoms with Crippen LogP contribution in [0, 0.1) is 0 Å². The van der Waals surface area contributed by atoms with E-state index in [1.165, 1.54) is 4.88 Å². The molecule has 1 aromatic heterocycles. The lowest BCUT2D eigenvalue weighted by molar-refractivity contribution is 0.0549. The second-order valence-electron chi connectivity index (χ2n) is 4.69. The topological polar surface area (TPSA) is 32.3 Å². The van der Waals surface area contributed by atoms with Crippen molar-refractivity contribution in [3.8, 4) is 0 Å². The Labute approximate surface area is 107 Å². The molecule has 4 heteroatoms. The van der Waals surface area contributed by atoms with Crippen molar-refractivity contribution in [2.24, 2.45) is 0 Å². The van der Waals surface area contributed by atoms with Crippen molar-refractivity contribution in [3.63, 3.8) is 0 Å². The molecule has 0 bridgehead atoms. The van der Waals surface area contributed by atoms with E-state index in [0.717, 1.165) is 24.4 Å². The van der Waals surface area contributed by atoms with E-state index in [0.29, 0.717) is 0 Å². The summed E-state index contributed by atoms with van der Waals surface area (Å²) in [5.41, 5.74) is 0. The molecule has 3 nitrogen and oxygen atoms in total. The highest BCUT2D eigenvalue weighted by Gasteiger charge is 2.30. The van der Waals surface area contributed by atoms with Crippen molar-refractivity contribution in [2.75, 3.05) is 13.1 Å². The second-order valence-corrected chi connectivity index (χ2v) is 5.86. The van der Waals surface area contributed by atoms with Crippen LogP contribution < -0.4 is 5.32 Å². The molecule has 1 N–H and O–H groups in total. The van der Waals surface area contributed by atoms with Crippen LogP contribution in [0.4, 0.5) is 0 Å². The minimum atomic E-state index is 0.191. The van der Waals surface area contributed by atoms with E-state index in [4.69, 9.17) is 0 Å². The molecule has 1 aliphatic heterocycles. The van der Waals surface area contributed by atoms with Gasteiger partial charge in [-0.1, -0.05) is 6.92 Å². The smallest absolute Gasteiger partial charge is 0.264 e. The first-order valence-electron chi connectivity index (χ1n) is 6.25. The zero-order chi connectivity index (χ0) is 12.4. The van der Waals surface area contributed by atoms with Gasteiger partial charge in [0, 0.05) is 30.1 Å². The Balaban J connectivity index is 2.17. The van der Waals surface area contributed by atoms with Crippen molar-refractivity contribution < 1.29 is 4.79 Å². The Morgan fingerprint density at radius 1 is 1.41 bits per heavy atom. The van der Waals surface area contributed by atoms with Crippen LogP contribution >= 0.6 is 11.3 Å². The normalized spacial score (nSPS) is 25.0. The van der Waals surface area contributed by atoms with Crippen molar-refractivity contribution in [1.82, 2.24) is 10.2 Å². The van der Waals surface area contributed by atoms with Crippen molar-refractivity contribution in [3.05, 3.63) is 21.9 Å². The number of rotatable bonds is 2. The van der Waals surface area contributed by atoms with Gasteiger partial charge < -0.3 is 10.2 Å². The summed E-state index contributed by atoms with van der Waals surface area (Å²) in [7, 11) is 0. The van der Waals surface area contributed by atoms with Crippen LogP contribution in [0.3, 0.4) is 0 Å². The van der Waals surface area contributed by atoms with Gasteiger partial charge in [0.2, 0.25) is 0 Å². The number of hydrogen-bond acceptors (Lipinski definition) is 3. The molecule has 1 saturated heterocycles. The lowest BCUT2D eigenvalue weighted by Gasteiger charge is -2.39. The molecular weight excluding hydrogens is 232 g/mol. The largest absolute Gasteiger partial charge is 0.330 e. The maximum atomic E-state index is 12.5. The van der Waals surface area contributed by atoms with Gasteiger partial charge in [-0.05, 0) is 32.4 Å². The number of aryl methyl sites for hydroxylation is 1. The third-order valence-corrected chi connectivity index (χ3v) is 4.50. The number of carbonyl (C=O) groups is 1. The Hall–Kier alpha value is -0.870. The number of thiophene rings is 1. The van der Waals surface area contributed by atoms with Crippen molar-refractivity contribution >= 4 is 17.2 Å². The summed E-state index contributed by atoms with van der Waals surface area (Å²) >= 11 is 1.63. The van der Waals surface area contributed by atoms with Crippen molar-refractivity contribution in [2.45, 2.75) is 39.3 Å². The number of piperazine rings is 1. The van der Waals surface area contributed by atoms with Gasteiger partial charge in [-0.15, -0.1) is 11.3 Å². The second kappa shape index (κ2) is 5.19. The number of amides is 1. The quantitative estimate of drug-likeness (QED) is 0.874. The van der Waals surface area contributed by atoms with Gasteiger partial charge in [-0.25, -0.2) is 0 Å². The van der Waals surface area contributed by atoms with E-state index in [9.17, 15) is 4.79 Å². The molecule has 0 spiro atoms. The van der Waals surface area contributed by atoms with Gasteiger partial charge in [-0.3, -0.25) is 4.79 Å². The van der Waals surface area contributed by atoms with Crippen molar-refractivity contribution in [1.29, 1.82) is 0 Å². The SMILES string of the molecule is CCc1ccc(C(=O)N2C(C)CNCC2C)s1. The van der Waals surface area contributed by atoms with Crippen LogP contribution in [0.2, 0.25) is 0 Å². The van der Waals surface area contributed by atoms with Gasteiger partial charge in [0.05, 0.1) is 4.88 Å². The Bertz CT molecular complexity index is 392. The fraction of sp³-hybridized carbons (Fsp3) is 0.615. The maximum absolute atomic E-state index is 12.5. The molecule has 1 aliphatic rings. The number of hydrogen-bond donors (Lipinski definition) is 1. The monoisotopic (exact) mass is 252 g/mol. The summed E-state index contributed by atoms with van der Waals surface area (Å²) in [5.74, 6) is 0.191. The molecule has 94 valence electrons. The van der Waals surface area contributed by atoms with Gasteiger partial charge >= 0.3 is 0 Å². The number of nitrogens with zero attached hydrogens (tertiary/aromatic N) is 1. The fourth-order valence-corrected chi connectivity index (χ4v) is 3.23. The van der Waals surface area contributed by atoms with E-state index in [2.05, 4.69) is 32.2 Å². The summed E-state index contributed by atoms with van der Waals surface area (Å²) in [6.45, 7) is 8.12. The predicted octanol–water partition coefficient (Wildman–Crippen LogP) is 2.13. The minimum absolute atomic E-state index is 0.191. The third-order valence-electron chi connectivity index (χ3n) is 3.28. The molecule has 2 unspecified atom stereocenters. The van der Waals surface area contributed by atoms with Crippen LogP contribution in [0.15, 0.2) is 12.1 Å². The minimum Gasteiger partial charge on any atom is -0.330 e. The van der Waals surface area contributed by atoms with Crippen LogP contribution in [0.1, 0.15) is 35.3 Å². The number of nitrogens with one attached hydrogen (secondary N) is 1. The highest BCUT2D eigenvalue weighted by atomic mass is 32.1. The first-order valence-corrected chi connectivity index (χ1v) is 7.07. The molecule has 1 aromatic rings. The van der Waals surface area contributed by atoms with Crippen LogP contribution in [-0.4, -0.2) is 36.0 Å². The van der Waals surface area contributed by atoms with Crippen LogP contribution in [0.25, 0.3) is 0 Å². The molecule has 0 aliphatic carbocycles. The predicted molar refractivity (Wildman–Crippen MR) is 71.7 cm³/mol. The average molecular weight is 252 g/mol. The maximum Gasteiger partial charge on any atom is 0.264 e. The Kier molecular flexibility index (Phi) is 3.84. The molecule has 2 rings (SSSR count). The first-order chi connectivity index (χ1) is 8.13. The highest BCUT2D eigenvalue weighted by Crippen LogP contribution is 2.22. The van der Waals surface area contributed by atoms with E-state index < -0.39 is 0 Å². The summed E-state index contributed by atoms with van der Waals surface area (Å²) in [5, 5.41) is 3.35. The Morgan fingerprint density at radius 2 is 2.06 bits per heavy atom. The Morgan fingerprint density at radius 3 is 2.59 bits per heavy atom. The molecule has 1 amide bonds. The molecule has 0 radical (unpaired) electrons.